The standard InChI is InChI=1S/C11H19N3S/c1-2-6-12-9-4-3-5-10(9)15-11-13-7-8-14-11/h7-10,12H,2-6H2,1H3,(H,13,14). The molecule has 1 aromatic heterocycles. The first kappa shape index (κ1) is 11.0. The predicted molar refractivity (Wildman–Crippen MR) is 64.2 cm³/mol. The summed E-state index contributed by atoms with van der Waals surface area (Å²) in [6.07, 6.45) is 8.91. The van der Waals surface area contributed by atoms with Crippen molar-refractivity contribution in [1.29, 1.82) is 0 Å². The zero-order valence-corrected chi connectivity index (χ0v) is 10.0. The van der Waals surface area contributed by atoms with Crippen LogP contribution in [0.4, 0.5) is 0 Å². The summed E-state index contributed by atoms with van der Waals surface area (Å²) < 4.78 is 0. The Morgan fingerprint density at radius 2 is 2.53 bits per heavy atom. The number of imidazole rings is 1. The number of thioether (sulfide) groups is 1. The molecule has 0 aliphatic heterocycles. The molecule has 2 N–H and O–H groups in total. The van der Waals surface area contributed by atoms with E-state index in [-0.39, 0.29) is 0 Å². The molecule has 0 aromatic carbocycles. The first-order valence-electron chi connectivity index (χ1n) is 5.79. The normalized spacial score (nSPS) is 25.9. The summed E-state index contributed by atoms with van der Waals surface area (Å²) in [6, 6.07) is 0.681. The molecule has 1 heterocycles. The Balaban J connectivity index is 1.85. The van der Waals surface area contributed by atoms with Gasteiger partial charge in [-0.05, 0) is 25.8 Å². The topological polar surface area (TPSA) is 40.7 Å². The Morgan fingerprint density at radius 3 is 3.27 bits per heavy atom. The fourth-order valence-electron chi connectivity index (χ4n) is 2.09. The van der Waals surface area contributed by atoms with Crippen LogP contribution in [0.5, 0.6) is 0 Å². The number of H-pyrrole nitrogens is 1. The highest BCUT2D eigenvalue weighted by atomic mass is 32.2. The van der Waals surface area contributed by atoms with Crippen LogP contribution >= 0.6 is 11.8 Å². The van der Waals surface area contributed by atoms with Crippen molar-refractivity contribution in [2.45, 2.75) is 49.1 Å². The Morgan fingerprint density at radius 1 is 1.60 bits per heavy atom. The van der Waals surface area contributed by atoms with E-state index in [4.69, 9.17) is 0 Å². The van der Waals surface area contributed by atoms with Gasteiger partial charge in [-0.15, -0.1) is 0 Å². The molecule has 0 saturated heterocycles. The molecule has 0 spiro atoms. The first-order chi connectivity index (χ1) is 7.40. The Labute approximate surface area is 95.4 Å². The van der Waals surface area contributed by atoms with E-state index in [9.17, 15) is 0 Å². The van der Waals surface area contributed by atoms with Crippen molar-refractivity contribution in [3.8, 4) is 0 Å². The van der Waals surface area contributed by atoms with E-state index >= 15 is 0 Å². The zero-order chi connectivity index (χ0) is 10.5. The van der Waals surface area contributed by atoms with Crippen LogP contribution in [0.3, 0.4) is 0 Å². The molecule has 0 amide bonds. The van der Waals surface area contributed by atoms with E-state index in [0.717, 1.165) is 11.7 Å². The van der Waals surface area contributed by atoms with Gasteiger partial charge in [-0.2, -0.15) is 0 Å². The van der Waals surface area contributed by atoms with E-state index in [1.165, 1.54) is 25.7 Å². The average Bonchev–Trinajstić information content (AvgIpc) is 2.87. The van der Waals surface area contributed by atoms with Gasteiger partial charge in [-0.1, -0.05) is 25.1 Å². The van der Waals surface area contributed by atoms with Gasteiger partial charge in [0.25, 0.3) is 0 Å². The SMILES string of the molecule is CCCNC1CCCC1Sc1ncc[nH]1. The van der Waals surface area contributed by atoms with Crippen molar-refractivity contribution in [3.63, 3.8) is 0 Å². The van der Waals surface area contributed by atoms with Crippen molar-refractivity contribution in [3.05, 3.63) is 12.4 Å². The monoisotopic (exact) mass is 225 g/mol. The highest BCUT2D eigenvalue weighted by molar-refractivity contribution is 7.99. The number of aromatic amines is 1. The van der Waals surface area contributed by atoms with Crippen molar-refractivity contribution in [1.82, 2.24) is 15.3 Å². The smallest absolute Gasteiger partial charge is 0.165 e. The minimum absolute atomic E-state index is 0.681. The molecular weight excluding hydrogens is 206 g/mol. The highest BCUT2D eigenvalue weighted by Gasteiger charge is 2.27. The van der Waals surface area contributed by atoms with Gasteiger partial charge in [-0.25, -0.2) is 4.98 Å². The molecule has 84 valence electrons. The van der Waals surface area contributed by atoms with Crippen LogP contribution in [0.15, 0.2) is 17.6 Å². The van der Waals surface area contributed by atoms with Crippen LogP contribution in [0.1, 0.15) is 32.6 Å². The van der Waals surface area contributed by atoms with Crippen molar-refractivity contribution < 1.29 is 0 Å². The summed E-state index contributed by atoms with van der Waals surface area (Å²) >= 11 is 1.89. The first-order valence-corrected chi connectivity index (χ1v) is 6.67. The number of hydrogen-bond acceptors (Lipinski definition) is 3. The Hall–Kier alpha value is -0.480. The van der Waals surface area contributed by atoms with Crippen LogP contribution < -0.4 is 5.32 Å². The van der Waals surface area contributed by atoms with Gasteiger partial charge in [0.15, 0.2) is 5.16 Å². The minimum atomic E-state index is 0.681. The molecule has 1 saturated carbocycles. The molecule has 3 nitrogen and oxygen atoms in total. The third-order valence-corrected chi connectivity index (χ3v) is 4.16. The molecule has 4 heteroatoms. The highest BCUT2D eigenvalue weighted by Crippen LogP contribution is 2.33. The molecule has 2 rings (SSSR count). The van der Waals surface area contributed by atoms with E-state index in [1.807, 2.05) is 24.2 Å². The second-order valence-corrected chi connectivity index (χ2v) is 5.27. The molecule has 1 fully saturated rings. The number of rotatable bonds is 5. The maximum atomic E-state index is 4.27. The molecule has 0 bridgehead atoms. The van der Waals surface area contributed by atoms with Crippen molar-refractivity contribution >= 4 is 11.8 Å². The fraction of sp³-hybridized carbons (Fsp3) is 0.727. The third kappa shape index (κ3) is 2.98. The van der Waals surface area contributed by atoms with Gasteiger partial charge in [0.05, 0.1) is 0 Å². The van der Waals surface area contributed by atoms with Crippen LogP contribution in [0.2, 0.25) is 0 Å². The molecule has 1 aliphatic carbocycles. The molecule has 2 unspecified atom stereocenters. The lowest BCUT2D eigenvalue weighted by molar-refractivity contribution is 0.530. The van der Waals surface area contributed by atoms with Crippen LogP contribution in [-0.4, -0.2) is 27.8 Å². The lowest BCUT2D eigenvalue weighted by atomic mass is 10.2. The maximum Gasteiger partial charge on any atom is 0.165 e. The van der Waals surface area contributed by atoms with Crippen LogP contribution in [-0.2, 0) is 0 Å². The lowest BCUT2D eigenvalue weighted by Crippen LogP contribution is -2.34. The Kier molecular flexibility index (Phi) is 4.09. The molecule has 1 aliphatic rings. The number of nitrogens with one attached hydrogen (secondary N) is 2. The van der Waals surface area contributed by atoms with Crippen molar-refractivity contribution in [2.24, 2.45) is 0 Å². The summed E-state index contributed by atoms with van der Waals surface area (Å²) in [4.78, 5) is 7.44. The Bertz CT molecular complexity index is 273. The second-order valence-electron chi connectivity index (χ2n) is 4.04. The third-order valence-electron chi connectivity index (χ3n) is 2.85. The van der Waals surface area contributed by atoms with E-state index in [2.05, 4.69) is 22.2 Å². The number of nitrogens with zero attached hydrogens (tertiary/aromatic N) is 1. The summed E-state index contributed by atoms with van der Waals surface area (Å²) in [5.41, 5.74) is 0. The summed E-state index contributed by atoms with van der Waals surface area (Å²) in [7, 11) is 0. The van der Waals surface area contributed by atoms with Gasteiger partial charge in [0, 0.05) is 23.7 Å². The summed E-state index contributed by atoms with van der Waals surface area (Å²) in [5.74, 6) is 0. The second kappa shape index (κ2) is 5.56. The van der Waals surface area contributed by atoms with E-state index < -0.39 is 0 Å². The van der Waals surface area contributed by atoms with Gasteiger partial charge < -0.3 is 10.3 Å². The fourth-order valence-corrected chi connectivity index (χ4v) is 3.31. The van der Waals surface area contributed by atoms with E-state index in [1.54, 1.807) is 0 Å². The molecule has 2 atom stereocenters. The zero-order valence-electron chi connectivity index (χ0n) is 9.20. The molecule has 15 heavy (non-hydrogen) atoms. The molecule has 0 radical (unpaired) electrons. The predicted octanol–water partition coefficient (Wildman–Crippen LogP) is 2.42. The number of aromatic nitrogens is 2. The quantitative estimate of drug-likeness (QED) is 0.808. The number of hydrogen-bond donors (Lipinski definition) is 2. The maximum absolute atomic E-state index is 4.27. The average molecular weight is 225 g/mol. The van der Waals surface area contributed by atoms with E-state index in [0.29, 0.717) is 11.3 Å². The largest absolute Gasteiger partial charge is 0.340 e. The molecule has 1 aromatic rings. The van der Waals surface area contributed by atoms with Gasteiger partial charge in [0.2, 0.25) is 0 Å². The van der Waals surface area contributed by atoms with Crippen molar-refractivity contribution in [2.75, 3.05) is 6.54 Å². The summed E-state index contributed by atoms with van der Waals surface area (Å²) in [6.45, 7) is 3.36. The molecular formula is C11H19N3S. The van der Waals surface area contributed by atoms with Crippen LogP contribution in [0, 0.1) is 0 Å². The summed E-state index contributed by atoms with van der Waals surface area (Å²) in [5, 5.41) is 5.39. The van der Waals surface area contributed by atoms with Gasteiger partial charge in [-0.3, -0.25) is 0 Å². The van der Waals surface area contributed by atoms with Crippen LogP contribution in [0.25, 0.3) is 0 Å². The minimum Gasteiger partial charge on any atom is -0.340 e. The lowest BCUT2D eigenvalue weighted by Gasteiger charge is -2.19. The van der Waals surface area contributed by atoms with Gasteiger partial charge in [0.1, 0.15) is 0 Å². The van der Waals surface area contributed by atoms with Gasteiger partial charge >= 0.3 is 0 Å².